The second kappa shape index (κ2) is 12.6. The van der Waals surface area contributed by atoms with Crippen molar-refractivity contribution in [2.24, 2.45) is 0 Å². The van der Waals surface area contributed by atoms with Gasteiger partial charge >= 0.3 is 21.7 Å². The Labute approximate surface area is 242 Å². The molecule has 3 aromatic carbocycles. The van der Waals surface area contributed by atoms with Crippen LogP contribution in [0.4, 0.5) is 0 Å². The van der Waals surface area contributed by atoms with Crippen molar-refractivity contribution < 1.29 is 61.1 Å². The molecule has 0 amide bonds. The first kappa shape index (κ1) is 30.4. The molecule has 0 saturated heterocycles. The molecule has 1 N–H and O–H groups in total. The fraction of sp³-hybridized carbons (Fsp3) is 0.276. The average molecular weight is 573 g/mol. The molecule has 0 heterocycles. The van der Waals surface area contributed by atoms with Crippen molar-refractivity contribution in [2.75, 3.05) is 14.2 Å². The van der Waals surface area contributed by atoms with Gasteiger partial charge in [0.05, 0.1) is 14.2 Å². The third-order valence-electron chi connectivity index (χ3n) is 7.21. The van der Waals surface area contributed by atoms with E-state index in [0.717, 1.165) is 41.1 Å². The van der Waals surface area contributed by atoms with Gasteiger partial charge in [-0.3, -0.25) is 0 Å². The Morgan fingerprint density at radius 1 is 0.806 bits per heavy atom. The first-order chi connectivity index (χ1) is 16.1. The van der Waals surface area contributed by atoms with Crippen LogP contribution >= 0.6 is 0 Å². The Balaban J connectivity index is 0.00000152. The summed E-state index contributed by atoms with van der Waals surface area (Å²) in [7, 11) is 2.62. The summed E-state index contributed by atoms with van der Waals surface area (Å²) < 4.78 is 11.2. The van der Waals surface area contributed by atoms with Crippen LogP contribution in [-0.2, 0) is 28.1 Å². The van der Waals surface area contributed by atoms with Gasteiger partial charge in [0.2, 0.25) is 0 Å². The Morgan fingerprint density at radius 3 is 1.83 bits per heavy atom. The zero-order valence-electron chi connectivity index (χ0n) is 21.0. The Morgan fingerprint density at radius 2 is 1.33 bits per heavy atom. The summed E-state index contributed by atoms with van der Waals surface area (Å²) in [5.41, 5.74) is 8.23. The normalized spacial score (nSPS) is 13.4. The van der Waals surface area contributed by atoms with Crippen LogP contribution in [0, 0.1) is 0 Å². The fourth-order valence-corrected chi connectivity index (χ4v) is 7.81. The van der Waals surface area contributed by atoms with Crippen LogP contribution in [0.25, 0.3) is 16.7 Å². The molecule has 3 nitrogen and oxygen atoms in total. The summed E-state index contributed by atoms with van der Waals surface area (Å²) in [6, 6.07) is 23.4. The molecule has 2 aliphatic carbocycles. The molecule has 0 fully saturated rings. The number of rotatable bonds is 5. The van der Waals surface area contributed by atoms with Gasteiger partial charge in [-0.25, -0.2) is 0 Å². The third kappa shape index (κ3) is 4.99. The van der Waals surface area contributed by atoms with Crippen molar-refractivity contribution in [1.82, 2.24) is 0 Å². The topological polar surface area (TPSA) is 38.7 Å². The fourth-order valence-electron chi connectivity index (χ4n) is 5.55. The van der Waals surface area contributed by atoms with E-state index in [1.165, 1.54) is 33.0 Å². The molecule has 3 aromatic rings. The van der Waals surface area contributed by atoms with Crippen molar-refractivity contribution in [1.29, 1.82) is 0 Å². The number of halogens is 2. The van der Waals surface area contributed by atoms with Crippen LogP contribution in [0.2, 0.25) is 12.1 Å². The average Bonchev–Trinajstić information content (AvgIpc) is 3.17. The molecule has 2 aliphatic rings. The molecular weight excluding hydrogens is 543 g/mol. The van der Waals surface area contributed by atoms with Gasteiger partial charge in [0.25, 0.3) is 0 Å². The molecule has 0 radical (unpaired) electrons. The predicted octanol–water partition coefficient (Wildman–Crippen LogP) is 0.636. The molecular formula is C29H30Cl2O3SiTi. The Kier molecular flexibility index (Phi) is 10.7. The molecule has 0 bridgehead atoms. The van der Waals surface area contributed by atoms with E-state index in [1.54, 1.807) is 14.2 Å². The van der Waals surface area contributed by atoms with Gasteiger partial charge in [0.1, 0.15) is 17.3 Å². The van der Waals surface area contributed by atoms with Gasteiger partial charge in [-0.05, 0) is 81.3 Å². The Hall–Kier alpha value is -1.82. The van der Waals surface area contributed by atoms with E-state index in [-0.39, 0.29) is 52.4 Å². The maximum Gasteiger partial charge on any atom is 2.00 e. The molecule has 0 aromatic heterocycles. The van der Waals surface area contributed by atoms with Crippen LogP contribution in [-0.4, -0.2) is 32.9 Å². The third-order valence-corrected chi connectivity index (χ3v) is 10.2. The molecule has 5 rings (SSSR count). The molecule has 0 atom stereocenters. The summed E-state index contributed by atoms with van der Waals surface area (Å²) in [5.74, 6) is 2.10. The van der Waals surface area contributed by atoms with Crippen molar-refractivity contribution in [3.63, 3.8) is 0 Å². The zero-order chi connectivity index (χ0) is 23.1. The number of aliphatic hydroxyl groups is 1. The van der Waals surface area contributed by atoms with Crippen molar-refractivity contribution in [3.05, 3.63) is 88.7 Å². The van der Waals surface area contributed by atoms with Crippen LogP contribution in [0.3, 0.4) is 0 Å². The largest absolute Gasteiger partial charge is 2.00 e. The summed E-state index contributed by atoms with van der Waals surface area (Å²) in [6.45, 7) is 4.52. The number of ether oxygens (including phenoxy) is 2. The van der Waals surface area contributed by atoms with Crippen molar-refractivity contribution >= 4 is 19.2 Å². The first-order valence-corrected chi connectivity index (χ1v) is 13.6. The monoisotopic (exact) mass is 572 g/mol. The molecule has 0 saturated carbocycles. The number of benzene rings is 3. The van der Waals surface area contributed by atoms with Gasteiger partial charge < -0.3 is 39.4 Å². The standard InChI is InChI=1S/C29H30O3Si.2ClH.Ti/c1-5-33(6-2)26-15-18-9-7-8-10-21(18)28(29(26)30)27-24-16-19(31-3)11-13-22(24)23-14-12-20(32-4)17-25(23)27;;;/h7-14,16-17,27,30H,5-6,15H2,1-4H3;2*1H;/q;;;+2/p-2. The van der Waals surface area contributed by atoms with Gasteiger partial charge in [0.15, 0.2) is 0 Å². The van der Waals surface area contributed by atoms with E-state index in [0.29, 0.717) is 5.76 Å². The number of fused-ring (bicyclic) bond motifs is 4. The van der Waals surface area contributed by atoms with Crippen LogP contribution < -0.4 is 34.3 Å². The molecule has 7 heteroatoms. The van der Waals surface area contributed by atoms with Crippen LogP contribution in [0.5, 0.6) is 11.5 Å². The number of methoxy groups -OCH3 is 2. The number of hydrogen-bond acceptors (Lipinski definition) is 3. The second-order valence-electron chi connectivity index (χ2n) is 8.72. The van der Waals surface area contributed by atoms with Gasteiger partial charge in [0, 0.05) is 19.9 Å². The molecule has 186 valence electrons. The smallest absolute Gasteiger partial charge is 1.00 e. The number of aliphatic hydroxyl groups excluding tert-OH is 1. The quantitative estimate of drug-likeness (QED) is 0.456. The zero-order valence-corrected chi connectivity index (χ0v) is 25.1. The molecule has 0 spiro atoms. The van der Waals surface area contributed by atoms with E-state index in [2.05, 4.69) is 62.4 Å². The maximum absolute atomic E-state index is 11.9. The summed E-state index contributed by atoms with van der Waals surface area (Å²) in [6.07, 6.45) is 0.851. The maximum atomic E-state index is 11.9. The van der Waals surface area contributed by atoms with E-state index in [1.807, 2.05) is 12.1 Å². The number of allylic oxidation sites excluding steroid dienone is 2. The van der Waals surface area contributed by atoms with E-state index >= 15 is 0 Å². The summed E-state index contributed by atoms with van der Waals surface area (Å²) >= 11 is 0. The first-order valence-electron chi connectivity index (χ1n) is 11.7. The number of hydrogen-bond donors (Lipinski definition) is 1. The second-order valence-corrected chi connectivity index (χ2v) is 11.9. The van der Waals surface area contributed by atoms with Gasteiger partial charge in [-0.1, -0.05) is 50.2 Å². The van der Waals surface area contributed by atoms with E-state index in [4.69, 9.17) is 9.47 Å². The summed E-state index contributed by atoms with van der Waals surface area (Å²) in [5, 5.41) is 13.1. The van der Waals surface area contributed by atoms with Crippen LogP contribution in [0.1, 0.15) is 42.0 Å². The summed E-state index contributed by atoms with van der Waals surface area (Å²) in [4.78, 5) is 0. The minimum atomic E-state index is -0.795. The SMILES string of the molecule is CC[Si](CC)=C1Cc2ccccc2C(C2c3cc(OC)ccc3-c3ccc(OC)cc32)=C1O.[Cl-].[Cl-].[Ti+2]. The van der Waals surface area contributed by atoms with Crippen molar-refractivity contribution in [2.45, 2.75) is 38.3 Å². The molecule has 0 unspecified atom stereocenters. The van der Waals surface area contributed by atoms with Gasteiger partial charge in [-0.15, -0.1) is 0 Å². The van der Waals surface area contributed by atoms with Crippen LogP contribution in [0.15, 0.2) is 66.4 Å². The molecule has 36 heavy (non-hydrogen) atoms. The molecule has 0 aliphatic heterocycles. The van der Waals surface area contributed by atoms with Crippen molar-refractivity contribution in [3.8, 4) is 22.6 Å². The Bertz CT molecular complexity index is 1260. The predicted molar refractivity (Wildman–Crippen MR) is 138 cm³/mol. The minimum Gasteiger partial charge on any atom is -1.00 e. The minimum absolute atomic E-state index is 0. The van der Waals surface area contributed by atoms with Gasteiger partial charge in [-0.2, -0.15) is 0 Å². The van der Waals surface area contributed by atoms with E-state index in [9.17, 15) is 5.11 Å². The van der Waals surface area contributed by atoms with E-state index < -0.39 is 8.41 Å².